The fraction of sp³-hybridized carbons (Fsp3) is 0.500. The number of unbranched alkanes of at least 4 members (excludes halogenated alkanes) is 1. The number of carbonyl (C=O) groups excluding carboxylic acids is 2. The Kier molecular flexibility index (Phi) is 7.71. The molecular weight excluding hydrogens is 412 g/mol. The first-order chi connectivity index (χ1) is 12.9. The van der Waals surface area contributed by atoms with Crippen molar-refractivity contribution >= 4 is 27.9 Å². The summed E-state index contributed by atoms with van der Waals surface area (Å²) < 4.78 is 11.8. The van der Waals surface area contributed by atoms with Crippen molar-refractivity contribution in [2.45, 2.75) is 59.1 Å². The molecule has 0 fully saturated rings. The summed E-state index contributed by atoms with van der Waals surface area (Å²) in [5.41, 5.74) is 1.86. The molecule has 0 radical (unpaired) electrons. The SMILES string of the molecule is CCCCC1=C(C(=O)OCC)C(c2ccc(OC(C)C)c(Br)c2)NC(=O)N1. The van der Waals surface area contributed by atoms with Crippen molar-refractivity contribution in [3.8, 4) is 5.75 Å². The number of ether oxygens (including phenoxy) is 2. The van der Waals surface area contributed by atoms with E-state index in [1.807, 2.05) is 32.0 Å². The monoisotopic (exact) mass is 438 g/mol. The van der Waals surface area contributed by atoms with Crippen LogP contribution >= 0.6 is 15.9 Å². The molecule has 6 nitrogen and oxygen atoms in total. The van der Waals surface area contributed by atoms with Crippen LogP contribution in [-0.4, -0.2) is 24.7 Å². The number of benzene rings is 1. The maximum absolute atomic E-state index is 12.7. The van der Waals surface area contributed by atoms with E-state index >= 15 is 0 Å². The molecule has 0 aliphatic carbocycles. The zero-order chi connectivity index (χ0) is 20.0. The molecule has 2 N–H and O–H groups in total. The molecule has 0 saturated carbocycles. The summed E-state index contributed by atoms with van der Waals surface area (Å²) in [6, 6.07) is 4.66. The Morgan fingerprint density at radius 2 is 2.04 bits per heavy atom. The second kappa shape index (κ2) is 9.78. The number of esters is 1. The number of amides is 2. The summed E-state index contributed by atoms with van der Waals surface area (Å²) in [7, 11) is 0. The van der Waals surface area contributed by atoms with E-state index in [0.717, 1.165) is 22.9 Å². The topological polar surface area (TPSA) is 76.7 Å². The van der Waals surface area contributed by atoms with E-state index in [1.165, 1.54) is 0 Å². The average molecular weight is 439 g/mol. The first-order valence-electron chi connectivity index (χ1n) is 9.31. The number of hydrogen-bond donors (Lipinski definition) is 2. The number of urea groups is 1. The van der Waals surface area contributed by atoms with Crippen molar-refractivity contribution in [1.82, 2.24) is 10.6 Å². The summed E-state index contributed by atoms with van der Waals surface area (Å²) in [5, 5.41) is 5.63. The average Bonchev–Trinajstić information content (AvgIpc) is 2.60. The van der Waals surface area contributed by atoms with Crippen LogP contribution < -0.4 is 15.4 Å². The van der Waals surface area contributed by atoms with Gasteiger partial charge in [0, 0.05) is 5.70 Å². The number of nitrogens with one attached hydrogen (secondary N) is 2. The number of carbonyl (C=O) groups is 2. The number of halogens is 1. The van der Waals surface area contributed by atoms with Gasteiger partial charge in [-0.3, -0.25) is 0 Å². The van der Waals surface area contributed by atoms with E-state index < -0.39 is 12.0 Å². The Morgan fingerprint density at radius 3 is 2.63 bits per heavy atom. The van der Waals surface area contributed by atoms with Crippen molar-refractivity contribution < 1.29 is 19.1 Å². The summed E-state index contributed by atoms with van der Waals surface area (Å²) >= 11 is 3.52. The van der Waals surface area contributed by atoms with Crippen molar-refractivity contribution in [2.24, 2.45) is 0 Å². The fourth-order valence-corrected chi connectivity index (χ4v) is 3.40. The highest BCUT2D eigenvalue weighted by Gasteiger charge is 2.33. The minimum atomic E-state index is -0.575. The van der Waals surface area contributed by atoms with Crippen LogP contribution in [0.5, 0.6) is 5.75 Å². The molecule has 1 heterocycles. The van der Waals surface area contributed by atoms with Gasteiger partial charge in [-0.15, -0.1) is 0 Å². The van der Waals surface area contributed by atoms with Gasteiger partial charge in [-0.25, -0.2) is 9.59 Å². The zero-order valence-corrected chi connectivity index (χ0v) is 17.8. The molecule has 148 valence electrons. The normalized spacial score (nSPS) is 16.8. The molecule has 2 rings (SSSR count). The van der Waals surface area contributed by atoms with Gasteiger partial charge in [0.25, 0.3) is 0 Å². The van der Waals surface area contributed by atoms with E-state index in [0.29, 0.717) is 23.4 Å². The molecule has 1 aromatic carbocycles. The van der Waals surface area contributed by atoms with Crippen molar-refractivity contribution in [3.05, 3.63) is 39.5 Å². The van der Waals surface area contributed by atoms with Gasteiger partial charge < -0.3 is 20.1 Å². The van der Waals surface area contributed by atoms with Crippen LogP contribution in [-0.2, 0) is 9.53 Å². The van der Waals surface area contributed by atoms with Gasteiger partial charge >= 0.3 is 12.0 Å². The largest absolute Gasteiger partial charge is 0.490 e. The lowest BCUT2D eigenvalue weighted by molar-refractivity contribution is -0.139. The van der Waals surface area contributed by atoms with Crippen LogP contribution in [0, 0.1) is 0 Å². The van der Waals surface area contributed by atoms with Crippen LogP contribution in [0.3, 0.4) is 0 Å². The van der Waals surface area contributed by atoms with Gasteiger partial charge in [-0.05, 0) is 67.2 Å². The molecule has 1 aliphatic heterocycles. The molecule has 7 heteroatoms. The number of hydrogen-bond acceptors (Lipinski definition) is 4. The molecule has 0 saturated heterocycles. The smallest absolute Gasteiger partial charge is 0.338 e. The minimum Gasteiger partial charge on any atom is -0.490 e. The third-order valence-corrected chi connectivity index (χ3v) is 4.70. The lowest BCUT2D eigenvalue weighted by Crippen LogP contribution is -2.46. The van der Waals surface area contributed by atoms with Gasteiger partial charge in [0.05, 0.1) is 28.8 Å². The van der Waals surface area contributed by atoms with E-state index in [4.69, 9.17) is 9.47 Å². The Balaban J connectivity index is 2.45. The molecule has 1 unspecified atom stereocenters. The van der Waals surface area contributed by atoms with Crippen LogP contribution in [0.25, 0.3) is 0 Å². The maximum atomic E-state index is 12.7. The lowest BCUT2D eigenvalue weighted by atomic mass is 9.93. The van der Waals surface area contributed by atoms with Crippen LogP contribution in [0.1, 0.15) is 58.6 Å². The summed E-state index contributed by atoms with van der Waals surface area (Å²) in [6.07, 6.45) is 2.49. The quantitative estimate of drug-likeness (QED) is 0.581. The number of allylic oxidation sites excluding steroid dienone is 1. The molecule has 1 atom stereocenters. The highest BCUT2D eigenvalue weighted by atomic mass is 79.9. The van der Waals surface area contributed by atoms with E-state index in [9.17, 15) is 9.59 Å². The minimum absolute atomic E-state index is 0.0429. The zero-order valence-electron chi connectivity index (χ0n) is 16.2. The van der Waals surface area contributed by atoms with Gasteiger partial charge in [-0.1, -0.05) is 19.4 Å². The molecule has 2 amide bonds. The predicted molar refractivity (Wildman–Crippen MR) is 107 cm³/mol. The van der Waals surface area contributed by atoms with Gasteiger partial charge in [-0.2, -0.15) is 0 Å². The van der Waals surface area contributed by atoms with Gasteiger partial charge in [0.15, 0.2) is 0 Å². The van der Waals surface area contributed by atoms with Crippen molar-refractivity contribution in [1.29, 1.82) is 0 Å². The maximum Gasteiger partial charge on any atom is 0.338 e. The van der Waals surface area contributed by atoms with Crippen LogP contribution in [0.4, 0.5) is 4.79 Å². The Bertz CT molecular complexity index is 731. The molecule has 0 bridgehead atoms. The first kappa shape index (κ1) is 21.3. The Labute approximate surface area is 168 Å². The van der Waals surface area contributed by atoms with Crippen LogP contribution in [0.2, 0.25) is 0 Å². The Morgan fingerprint density at radius 1 is 1.30 bits per heavy atom. The molecule has 1 aliphatic rings. The second-order valence-corrected chi connectivity index (χ2v) is 7.46. The van der Waals surface area contributed by atoms with Gasteiger partial charge in [0.1, 0.15) is 5.75 Å². The summed E-state index contributed by atoms with van der Waals surface area (Å²) in [6.45, 7) is 8.01. The van der Waals surface area contributed by atoms with Gasteiger partial charge in [0.2, 0.25) is 0 Å². The predicted octanol–water partition coefficient (Wildman–Crippen LogP) is 4.60. The Hall–Kier alpha value is -2.02. The lowest BCUT2D eigenvalue weighted by Gasteiger charge is -2.29. The molecule has 27 heavy (non-hydrogen) atoms. The van der Waals surface area contributed by atoms with E-state index in [-0.39, 0.29) is 18.7 Å². The van der Waals surface area contributed by atoms with E-state index in [1.54, 1.807) is 6.92 Å². The molecular formula is C20H27BrN2O4. The standard InChI is InChI=1S/C20H27BrN2O4/c1-5-7-8-15-17(19(24)26-6-2)18(23-20(25)22-15)13-9-10-16(14(21)11-13)27-12(3)4/h9-12,18H,5-8H2,1-4H3,(H2,22,23,25). The number of rotatable bonds is 8. The van der Waals surface area contributed by atoms with Crippen molar-refractivity contribution in [2.75, 3.05) is 6.61 Å². The fourth-order valence-electron chi connectivity index (χ4n) is 2.91. The van der Waals surface area contributed by atoms with Crippen molar-refractivity contribution in [3.63, 3.8) is 0 Å². The second-order valence-electron chi connectivity index (χ2n) is 6.60. The molecule has 0 aromatic heterocycles. The van der Waals surface area contributed by atoms with E-state index in [2.05, 4.69) is 33.5 Å². The third kappa shape index (κ3) is 5.48. The summed E-state index contributed by atoms with van der Waals surface area (Å²) in [4.78, 5) is 24.9. The third-order valence-electron chi connectivity index (χ3n) is 4.08. The highest BCUT2D eigenvalue weighted by Crippen LogP contribution is 2.34. The summed E-state index contributed by atoms with van der Waals surface area (Å²) in [5.74, 6) is 0.293. The van der Waals surface area contributed by atoms with Crippen LogP contribution in [0.15, 0.2) is 33.9 Å². The first-order valence-corrected chi connectivity index (χ1v) is 10.1. The highest BCUT2D eigenvalue weighted by molar-refractivity contribution is 9.10. The molecule has 0 spiro atoms. The molecule has 1 aromatic rings.